The van der Waals surface area contributed by atoms with Crippen molar-refractivity contribution in [1.29, 1.82) is 0 Å². The molecular weight excluding hydrogens is 444 g/mol. The summed E-state index contributed by atoms with van der Waals surface area (Å²) in [6.07, 6.45) is 0.888. The standard InChI is InChI=1S/C25H33ClN2O5/c1-7-19(28-33-8-2)25-20(30)9-17(10-21(25)31)24-14(4)18(12-27-22(32)11-26)13(3)23(15(24)5)16(6)29/h17,30H,7-12H2,1-6H3,(H,27,32)/b28-19-. The van der Waals surface area contributed by atoms with Crippen LogP contribution in [0.5, 0.6) is 0 Å². The lowest BCUT2D eigenvalue weighted by atomic mass is 9.75. The Bertz CT molecular complexity index is 1030. The van der Waals surface area contributed by atoms with Crippen LogP contribution in [0.15, 0.2) is 16.5 Å². The van der Waals surface area contributed by atoms with Gasteiger partial charge in [0.15, 0.2) is 11.6 Å². The molecule has 2 N–H and O–H groups in total. The number of Topliss-reactive ketones (excluding diaryl/α,β-unsaturated/α-hetero) is 2. The molecule has 1 atom stereocenters. The molecule has 0 aliphatic heterocycles. The number of rotatable bonds is 9. The van der Waals surface area contributed by atoms with Gasteiger partial charge in [0, 0.05) is 24.9 Å². The van der Waals surface area contributed by atoms with Gasteiger partial charge in [-0.2, -0.15) is 0 Å². The van der Waals surface area contributed by atoms with E-state index >= 15 is 0 Å². The van der Waals surface area contributed by atoms with Crippen molar-refractivity contribution >= 4 is 34.8 Å². The second-order valence-electron chi connectivity index (χ2n) is 8.27. The van der Waals surface area contributed by atoms with Crippen LogP contribution in [0, 0.1) is 20.8 Å². The van der Waals surface area contributed by atoms with Gasteiger partial charge in [0.2, 0.25) is 5.91 Å². The highest BCUT2D eigenvalue weighted by molar-refractivity contribution is 6.27. The second kappa shape index (κ2) is 11.5. The van der Waals surface area contributed by atoms with E-state index < -0.39 is 0 Å². The largest absolute Gasteiger partial charge is 0.511 e. The van der Waals surface area contributed by atoms with Crippen molar-refractivity contribution in [3.05, 3.63) is 44.7 Å². The number of aliphatic hydroxyl groups is 1. The van der Waals surface area contributed by atoms with E-state index in [0.717, 1.165) is 27.8 Å². The zero-order valence-electron chi connectivity index (χ0n) is 20.2. The minimum Gasteiger partial charge on any atom is -0.511 e. The predicted octanol–water partition coefficient (Wildman–Crippen LogP) is 4.73. The lowest BCUT2D eigenvalue weighted by Crippen LogP contribution is -2.27. The summed E-state index contributed by atoms with van der Waals surface area (Å²) in [5.74, 6) is -1.07. The molecular formula is C25H33ClN2O5. The molecule has 1 aliphatic carbocycles. The van der Waals surface area contributed by atoms with Crippen molar-refractivity contribution in [3.8, 4) is 0 Å². The van der Waals surface area contributed by atoms with Crippen LogP contribution in [0.2, 0.25) is 0 Å². The van der Waals surface area contributed by atoms with Crippen molar-refractivity contribution in [2.24, 2.45) is 5.16 Å². The van der Waals surface area contributed by atoms with Gasteiger partial charge >= 0.3 is 0 Å². The fourth-order valence-corrected chi connectivity index (χ4v) is 4.88. The molecule has 1 aromatic rings. The first-order valence-electron chi connectivity index (χ1n) is 11.2. The van der Waals surface area contributed by atoms with E-state index in [-0.39, 0.29) is 60.0 Å². The van der Waals surface area contributed by atoms with Crippen molar-refractivity contribution in [3.63, 3.8) is 0 Å². The van der Waals surface area contributed by atoms with Gasteiger partial charge in [-0.1, -0.05) is 12.1 Å². The zero-order valence-corrected chi connectivity index (χ0v) is 21.0. The number of carbonyl (C=O) groups excluding carboxylic acids is 3. The molecule has 2 rings (SSSR count). The minimum atomic E-state index is -0.305. The highest BCUT2D eigenvalue weighted by Crippen LogP contribution is 2.40. The molecule has 0 heterocycles. The fraction of sp³-hybridized carbons (Fsp3) is 0.520. The number of oxime groups is 1. The summed E-state index contributed by atoms with van der Waals surface area (Å²) < 4.78 is 0. The summed E-state index contributed by atoms with van der Waals surface area (Å²) in [7, 11) is 0. The topological polar surface area (TPSA) is 105 Å². The Labute approximate surface area is 200 Å². The highest BCUT2D eigenvalue weighted by atomic mass is 35.5. The Kier molecular flexibility index (Phi) is 9.23. The van der Waals surface area contributed by atoms with Crippen LogP contribution in [0.3, 0.4) is 0 Å². The number of hydrogen-bond acceptors (Lipinski definition) is 6. The van der Waals surface area contributed by atoms with Crippen molar-refractivity contribution < 1.29 is 24.3 Å². The Morgan fingerprint density at radius 3 is 2.33 bits per heavy atom. The Balaban J connectivity index is 2.60. The number of benzene rings is 1. The van der Waals surface area contributed by atoms with Crippen molar-refractivity contribution in [2.75, 3.05) is 12.5 Å². The maximum absolute atomic E-state index is 13.1. The van der Waals surface area contributed by atoms with Gasteiger partial charge in [0.1, 0.15) is 18.2 Å². The van der Waals surface area contributed by atoms with E-state index in [4.69, 9.17) is 16.4 Å². The predicted molar refractivity (Wildman–Crippen MR) is 129 cm³/mol. The van der Waals surface area contributed by atoms with Gasteiger partial charge in [0.05, 0.1) is 11.3 Å². The molecule has 0 aromatic heterocycles. The third-order valence-corrected chi connectivity index (χ3v) is 6.42. The Morgan fingerprint density at radius 1 is 1.15 bits per heavy atom. The number of nitrogens with zero attached hydrogens (tertiary/aromatic N) is 1. The van der Waals surface area contributed by atoms with Gasteiger partial charge < -0.3 is 15.3 Å². The number of ketones is 2. The monoisotopic (exact) mass is 476 g/mol. The number of halogens is 1. The quantitative estimate of drug-likeness (QED) is 0.232. The lowest BCUT2D eigenvalue weighted by molar-refractivity contribution is -0.119. The van der Waals surface area contributed by atoms with Crippen molar-refractivity contribution in [2.45, 2.75) is 73.3 Å². The number of alkyl halides is 1. The maximum Gasteiger partial charge on any atom is 0.235 e. The van der Waals surface area contributed by atoms with Crippen LogP contribution in [-0.4, -0.2) is 40.8 Å². The van der Waals surface area contributed by atoms with E-state index in [9.17, 15) is 19.5 Å². The average molecular weight is 477 g/mol. The van der Waals surface area contributed by atoms with Crippen LogP contribution in [0.4, 0.5) is 0 Å². The summed E-state index contributed by atoms with van der Waals surface area (Å²) in [6, 6.07) is 0. The minimum absolute atomic E-state index is 0.0164. The first-order chi connectivity index (χ1) is 15.6. The molecule has 0 spiro atoms. The number of aliphatic hydroxyl groups excluding tert-OH is 1. The SMILES string of the molecule is CCO/N=C(/CC)C1=C(O)CC(c2c(C)c(CNC(=O)CCl)c(C)c(C(C)=O)c2C)CC1=O. The molecule has 33 heavy (non-hydrogen) atoms. The first-order valence-corrected chi connectivity index (χ1v) is 11.7. The molecule has 1 aliphatic rings. The summed E-state index contributed by atoms with van der Waals surface area (Å²) in [5.41, 5.74) is 5.44. The normalized spacial score (nSPS) is 16.8. The smallest absolute Gasteiger partial charge is 0.235 e. The maximum atomic E-state index is 13.1. The van der Waals surface area contributed by atoms with Crippen LogP contribution in [-0.2, 0) is 21.0 Å². The molecule has 0 bridgehead atoms. The van der Waals surface area contributed by atoms with Gasteiger partial charge in [-0.15, -0.1) is 11.6 Å². The molecule has 1 aromatic carbocycles. The van der Waals surface area contributed by atoms with Crippen LogP contribution < -0.4 is 5.32 Å². The number of hydrogen-bond donors (Lipinski definition) is 2. The second-order valence-corrected chi connectivity index (χ2v) is 8.54. The van der Waals surface area contributed by atoms with Crippen LogP contribution in [0.25, 0.3) is 0 Å². The van der Waals surface area contributed by atoms with Gasteiger partial charge in [0.25, 0.3) is 0 Å². The van der Waals surface area contributed by atoms with Gasteiger partial charge in [-0.05, 0) is 74.8 Å². The molecule has 7 nitrogen and oxygen atoms in total. The van der Waals surface area contributed by atoms with Crippen molar-refractivity contribution in [1.82, 2.24) is 5.32 Å². The fourth-order valence-electron chi connectivity index (χ4n) is 4.79. The average Bonchev–Trinajstić information content (AvgIpc) is 2.74. The summed E-state index contributed by atoms with van der Waals surface area (Å²) in [6.45, 7) is 11.4. The molecule has 0 saturated heterocycles. The molecule has 0 radical (unpaired) electrons. The molecule has 180 valence electrons. The molecule has 0 saturated carbocycles. The van der Waals surface area contributed by atoms with E-state index in [1.54, 1.807) is 6.92 Å². The van der Waals surface area contributed by atoms with E-state index in [0.29, 0.717) is 24.3 Å². The third-order valence-electron chi connectivity index (χ3n) is 6.17. The van der Waals surface area contributed by atoms with Gasteiger partial charge in [-0.3, -0.25) is 14.4 Å². The van der Waals surface area contributed by atoms with E-state index in [2.05, 4.69) is 10.5 Å². The lowest BCUT2D eigenvalue weighted by Gasteiger charge is -2.29. The molecule has 1 unspecified atom stereocenters. The number of nitrogens with one attached hydrogen (secondary N) is 1. The molecule has 0 fully saturated rings. The van der Waals surface area contributed by atoms with Gasteiger partial charge in [-0.25, -0.2) is 0 Å². The van der Waals surface area contributed by atoms with E-state index in [1.807, 2.05) is 27.7 Å². The van der Waals surface area contributed by atoms with Crippen LogP contribution >= 0.6 is 11.6 Å². The third kappa shape index (κ3) is 5.64. The number of amides is 1. The first kappa shape index (κ1) is 26.6. The highest BCUT2D eigenvalue weighted by Gasteiger charge is 2.34. The molecule has 1 amide bonds. The van der Waals surface area contributed by atoms with Crippen LogP contribution in [0.1, 0.15) is 84.1 Å². The summed E-state index contributed by atoms with van der Waals surface area (Å²) >= 11 is 5.62. The zero-order chi connectivity index (χ0) is 24.9. The Morgan fingerprint density at radius 2 is 1.82 bits per heavy atom. The number of allylic oxidation sites excluding steroid dienone is 2. The molecule has 8 heteroatoms. The number of carbonyl (C=O) groups is 3. The summed E-state index contributed by atoms with van der Waals surface area (Å²) in [5, 5.41) is 17.6. The Hall–Kier alpha value is -2.67. The summed E-state index contributed by atoms with van der Waals surface area (Å²) in [4.78, 5) is 42.5. The van der Waals surface area contributed by atoms with E-state index in [1.165, 1.54) is 6.92 Å².